The summed E-state index contributed by atoms with van der Waals surface area (Å²) in [5.74, 6) is -0.632. The van der Waals surface area contributed by atoms with Gasteiger partial charge in [0.1, 0.15) is 5.71 Å². The number of anilines is 1. The molecule has 0 saturated heterocycles. The molecule has 1 aliphatic rings. The molecule has 1 aromatic rings. The molecule has 104 valence electrons. The fourth-order valence-electron chi connectivity index (χ4n) is 1.81. The maximum Gasteiger partial charge on any atom is 0.271 e. The Morgan fingerprint density at radius 2 is 2.05 bits per heavy atom. The highest BCUT2D eigenvalue weighted by molar-refractivity contribution is 6.43. The molecule has 0 atom stereocenters. The fourth-order valence-corrected chi connectivity index (χ4v) is 1.81. The van der Waals surface area contributed by atoms with Gasteiger partial charge >= 0.3 is 0 Å². The minimum Gasteiger partial charge on any atom is -0.321 e. The van der Waals surface area contributed by atoms with Gasteiger partial charge in [-0.25, -0.2) is 5.43 Å². The van der Waals surface area contributed by atoms with Crippen LogP contribution < -0.4 is 10.7 Å². The second-order valence-corrected chi connectivity index (χ2v) is 4.63. The summed E-state index contributed by atoms with van der Waals surface area (Å²) < 4.78 is 0. The highest BCUT2D eigenvalue weighted by Crippen LogP contribution is 2.18. The van der Waals surface area contributed by atoms with Gasteiger partial charge in [-0.15, -0.1) is 0 Å². The van der Waals surface area contributed by atoms with Crippen molar-refractivity contribution >= 4 is 29.0 Å². The fraction of sp³-hybridized carbons (Fsp3) is 0.286. The molecule has 0 radical (unpaired) electrons. The molecule has 1 aromatic carbocycles. The zero-order chi connectivity index (χ0) is 14.7. The van der Waals surface area contributed by atoms with Crippen LogP contribution in [0.3, 0.4) is 0 Å². The number of carbonyl (C=O) groups is 3. The number of nitrogens with one attached hydrogen (secondary N) is 2. The van der Waals surface area contributed by atoms with Crippen LogP contribution in [0.2, 0.25) is 0 Å². The lowest BCUT2D eigenvalue weighted by Gasteiger charge is -2.13. The normalized spacial score (nSPS) is 14.3. The standard InChI is InChI=1S/C14H15N3O3/c1-8-3-4-10(9(2)18)7-12(8)15-14(20)11-5-6-13(19)17-16-11/h3-4,7H,5-6H2,1-2H3,(H,15,20)(H,17,19). The molecule has 20 heavy (non-hydrogen) atoms. The Balaban J connectivity index is 2.17. The Labute approximate surface area is 116 Å². The van der Waals surface area contributed by atoms with E-state index in [1.54, 1.807) is 18.2 Å². The third kappa shape index (κ3) is 3.09. The number of carbonyl (C=O) groups excluding carboxylic acids is 3. The molecular weight excluding hydrogens is 258 g/mol. The third-order valence-corrected chi connectivity index (χ3v) is 3.06. The summed E-state index contributed by atoms with van der Waals surface area (Å²) in [5.41, 5.74) is 4.51. The summed E-state index contributed by atoms with van der Waals surface area (Å²) >= 11 is 0. The van der Waals surface area contributed by atoms with E-state index < -0.39 is 0 Å². The highest BCUT2D eigenvalue weighted by atomic mass is 16.2. The maximum atomic E-state index is 12.0. The number of ketones is 1. The number of aryl methyl sites for hydroxylation is 1. The van der Waals surface area contributed by atoms with E-state index in [-0.39, 0.29) is 29.7 Å². The van der Waals surface area contributed by atoms with Gasteiger partial charge in [0, 0.05) is 24.1 Å². The van der Waals surface area contributed by atoms with Crippen molar-refractivity contribution in [3.63, 3.8) is 0 Å². The molecule has 2 rings (SSSR count). The lowest BCUT2D eigenvalue weighted by atomic mass is 10.1. The Bertz CT molecular complexity index is 620. The summed E-state index contributed by atoms with van der Waals surface area (Å²) in [6, 6.07) is 5.13. The van der Waals surface area contributed by atoms with Crippen molar-refractivity contribution in [2.45, 2.75) is 26.7 Å². The van der Waals surface area contributed by atoms with E-state index in [1.807, 2.05) is 6.92 Å². The first-order valence-electron chi connectivity index (χ1n) is 6.25. The van der Waals surface area contributed by atoms with Crippen molar-refractivity contribution in [1.29, 1.82) is 0 Å². The molecule has 1 heterocycles. The zero-order valence-electron chi connectivity index (χ0n) is 11.3. The van der Waals surface area contributed by atoms with Crippen LogP contribution >= 0.6 is 0 Å². The van der Waals surface area contributed by atoms with Crippen LogP contribution in [0.1, 0.15) is 35.7 Å². The van der Waals surface area contributed by atoms with Crippen LogP contribution in [0.25, 0.3) is 0 Å². The molecule has 0 saturated carbocycles. The molecular formula is C14H15N3O3. The number of Topliss-reactive ketones (excluding diaryl/α,β-unsaturated/α-hetero) is 1. The van der Waals surface area contributed by atoms with E-state index in [1.165, 1.54) is 6.92 Å². The molecule has 0 aromatic heterocycles. The minimum absolute atomic E-state index is 0.0669. The van der Waals surface area contributed by atoms with Crippen LogP contribution in [0, 0.1) is 6.92 Å². The molecule has 2 amide bonds. The van der Waals surface area contributed by atoms with Gasteiger partial charge in [0.05, 0.1) is 0 Å². The summed E-state index contributed by atoms with van der Waals surface area (Å²) in [7, 11) is 0. The van der Waals surface area contributed by atoms with E-state index in [2.05, 4.69) is 15.8 Å². The van der Waals surface area contributed by atoms with Gasteiger partial charge < -0.3 is 5.32 Å². The lowest BCUT2D eigenvalue weighted by Crippen LogP contribution is -2.32. The van der Waals surface area contributed by atoms with Crippen molar-refractivity contribution in [1.82, 2.24) is 5.43 Å². The smallest absolute Gasteiger partial charge is 0.271 e. The van der Waals surface area contributed by atoms with Crippen LogP contribution in [0.15, 0.2) is 23.3 Å². The SMILES string of the molecule is CC(=O)c1ccc(C)c(NC(=O)C2=NNC(=O)CC2)c1. The van der Waals surface area contributed by atoms with Crippen molar-refractivity contribution in [3.8, 4) is 0 Å². The largest absolute Gasteiger partial charge is 0.321 e. The average molecular weight is 273 g/mol. The van der Waals surface area contributed by atoms with Crippen LogP contribution in [0.5, 0.6) is 0 Å². The number of benzene rings is 1. The predicted octanol–water partition coefficient (Wildman–Crippen LogP) is 1.40. The molecule has 2 N–H and O–H groups in total. The van der Waals surface area contributed by atoms with Crippen molar-refractivity contribution in [2.75, 3.05) is 5.32 Å². The first kappa shape index (κ1) is 13.9. The van der Waals surface area contributed by atoms with Gasteiger partial charge in [-0.1, -0.05) is 12.1 Å². The molecule has 1 aliphatic heterocycles. The Morgan fingerprint density at radius 3 is 2.65 bits per heavy atom. The summed E-state index contributed by atoms with van der Waals surface area (Å²) in [5, 5.41) is 6.45. The number of hydrogen-bond donors (Lipinski definition) is 2. The molecule has 0 unspecified atom stereocenters. The first-order chi connectivity index (χ1) is 9.47. The third-order valence-electron chi connectivity index (χ3n) is 3.06. The summed E-state index contributed by atoms with van der Waals surface area (Å²) in [6.07, 6.45) is 0.557. The van der Waals surface area contributed by atoms with Crippen LogP contribution in [-0.4, -0.2) is 23.3 Å². The number of hydrazone groups is 1. The van der Waals surface area contributed by atoms with Crippen molar-refractivity contribution in [2.24, 2.45) is 5.10 Å². The molecule has 0 fully saturated rings. The monoisotopic (exact) mass is 273 g/mol. The van der Waals surface area contributed by atoms with Crippen LogP contribution in [0.4, 0.5) is 5.69 Å². The van der Waals surface area contributed by atoms with Gasteiger partial charge in [0.25, 0.3) is 5.91 Å². The average Bonchev–Trinajstić information content (AvgIpc) is 2.41. The van der Waals surface area contributed by atoms with Crippen LogP contribution in [-0.2, 0) is 9.59 Å². The maximum absolute atomic E-state index is 12.0. The van der Waals surface area contributed by atoms with Gasteiger partial charge in [-0.2, -0.15) is 5.10 Å². The second-order valence-electron chi connectivity index (χ2n) is 4.63. The van der Waals surface area contributed by atoms with E-state index in [4.69, 9.17) is 0 Å². The lowest BCUT2D eigenvalue weighted by molar-refractivity contribution is -0.121. The Kier molecular flexibility index (Phi) is 3.93. The van der Waals surface area contributed by atoms with E-state index in [0.29, 0.717) is 17.7 Å². The molecule has 0 spiro atoms. The molecule has 0 aliphatic carbocycles. The van der Waals surface area contributed by atoms with Gasteiger partial charge in [-0.3, -0.25) is 14.4 Å². The van der Waals surface area contributed by atoms with Gasteiger partial charge in [0.15, 0.2) is 5.78 Å². The van der Waals surface area contributed by atoms with Gasteiger partial charge in [0.2, 0.25) is 5.91 Å². The molecule has 6 nitrogen and oxygen atoms in total. The molecule has 6 heteroatoms. The second kappa shape index (κ2) is 5.64. The zero-order valence-corrected chi connectivity index (χ0v) is 11.3. The number of rotatable bonds is 3. The Hall–Kier alpha value is -2.50. The molecule has 0 bridgehead atoms. The Morgan fingerprint density at radius 1 is 1.30 bits per heavy atom. The number of hydrogen-bond acceptors (Lipinski definition) is 4. The van der Waals surface area contributed by atoms with E-state index in [9.17, 15) is 14.4 Å². The quantitative estimate of drug-likeness (QED) is 0.816. The minimum atomic E-state index is -0.367. The predicted molar refractivity (Wildman–Crippen MR) is 74.6 cm³/mol. The number of nitrogens with zero attached hydrogens (tertiary/aromatic N) is 1. The topological polar surface area (TPSA) is 87.6 Å². The van der Waals surface area contributed by atoms with E-state index in [0.717, 1.165) is 5.56 Å². The summed E-state index contributed by atoms with van der Waals surface area (Å²) in [4.78, 5) is 34.4. The highest BCUT2D eigenvalue weighted by Gasteiger charge is 2.19. The van der Waals surface area contributed by atoms with E-state index >= 15 is 0 Å². The summed E-state index contributed by atoms with van der Waals surface area (Å²) in [6.45, 7) is 3.31. The van der Waals surface area contributed by atoms with Gasteiger partial charge in [-0.05, 0) is 25.5 Å². The number of amides is 2. The first-order valence-corrected chi connectivity index (χ1v) is 6.25. The van der Waals surface area contributed by atoms with Crippen molar-refractivity contribution in [3.05, 3.63) is 29.3 Å². The van der Waals surface area contributed by atoms with Crippen molar-refractivity contribution < 1.29 is 14.4 Å².